The van der Waals surface area contributed by atoms with E-state index < -0.39 is 12.0 Å². The van der Waals surface area contributed by atoms with Gasteiger partial charge in [0.1, 0.15) is 11.9 Å². The number of benzene rings is 1. The summed E-state index contributed by atoms with van der Waals surface area (Å²) in [6.45, 7) is 1.67. The molecule has 0 bridgehead atoms. The van der Waals surface area contributed by atoms with Crippen LogP contribution in [0.1, 0.15) is 25.0 Å². The van der Waals surface area contributed by atoms with Crippen LogP contribution in [0.3, 0.4) is 0 Å². The second kappa shape index (κ2) is 4.01. The molecule has 1 aromatic rings. The van der Waals surface area contributed by atoms with E-state index in [0.717, 1.165) is 5.56 Å². The van der Waals surface area contributed by atoms with Crippen molar-refractivity contribution in [1.29, 1.82) is 0 Å². The summed E-state index contributed by atoms with van der Waals surface area (Å²) in [6, 6.07) is 5.33. The van der Waals surface area contributed by atoms with E-state index in [1.54, 1.807) is 18.2 Å². The number of hydrogen-bond donors (Lipinski definition) is 0. The minimum Gasteiger partial charge on any atom is -0.457 e. The standard InChI is InChI=1S/C13H12O5/c1-7(14)9-5-12(15)18-13(9)8-2-3-10-11(4-8)17-6-16-10/h2-4,9,13H,5-6H2,1H3/t9-,13-/m1/s1. The number of rotatable bonds is 2. The maximum Gasteiger partial charge on any atom is 0.307 e. The Balaban J connectivity index is 1.94. The number of hydrogen-bond acceptors (Lipinski definition) is 5. The first-order valence-corrected chi connectivity index (χ1v) is 5.74. The second-order valence-corrected chi connectivity index (χ2v) is 4.44. The molecule has 1 aromatic carbocycles. The van der Waals surface area contributed by atoms with Crippen molar-refractivity contribution in [2.45, 2.75) is 19.4 Å². The average Bonchev–Trinajstić information content (AvgIpc) is 2.93. The van der Waals surface area contributed by atoms with E-state index in [-0.39, 0.29) is 25.0 Å². The van der Waals surface area contributed by atoms with Crippen LogP contribution < -0.4 is 9.47 Å². The van der Waals surface area contributed by atoms with Crippen molar-refractivity contribution < 1.29 is 23.8 Å². The highest BCUT2D eigenvalue weighted by atomic mass is 16.7. The molecular weight excluding hydrogens is 236 g/mol. The van der Waals surface area contributed by atoms with Gasteiger partial charge in [0.15, 0.2) is 11.5 Å². The molecular formula is C13H12O5. The summed E-state index contributed by atoms with van der Waals surface area (Å²) in [4.78, 5) is 22.9. The summed E-state index contributed by atoms with van der Waals surface area (Å²) in [7, 11) is 0. The summed E-state index contributed by atoms with van der Waals surface area (Å²) < 4.78 is 15.7. The number of ketones is 1. The predicted octanol–water partition coefficient (Wildman–Crippen LogP) is 1.61. The zero-order valence-corrected chi connectivity index (χ0v) is 9.84. The van der Waals surface area contributed by atoms with Gasteiger partial charge >= 0.3 is 5.97 Å². The Bertz CT molecular complexity index is 522. The molecule has 5 nitrogen and oxygen atoms in total. The number of Topliss-reactive ketones (excluding diaryl/α,β-unsaturated/α-hetero) is 1. The molecule has 94 valence electrons. The van der Waals surface area contributed by atoms with Gasteiger partial charge in [-0.3, -0.25) is 9.59 Å². The Morgan fingerprint density at radius 1 is 1.28 bits per heavy atom. The quantitative estimate of drug-likeness (QED) is 0.744. The number of carbonyl (C=O) groups excluding carboxylic acids is 2. The van der Waals surface area contributed by atoms with Crippen LogP contribution in [-0.4, -0.2) is 18.5 Å². The normalized spacial score (nSPS) is 25.1. The van der Waals surface area contributed by atoms with Crippen molar-refractivity contribution in [1.82, 2.24) is 0 Å². The number of carbonyl (C=O) groups is 2. The first-order valence-electron chi connectivity index (χ1n) is 5.74. The molecule has 0 unspecified atom stereocenters. The molecule has 0 saturated carbocycles. The van der Waals surface area contributed by atoms with Gasteiger partial charge in [-0.15, -0.1) is 0 Å². The number of fused-ring (bicyclic) bond motifs is 1. The van der Waals surface area contributed by atoms with Gasteiger partial charge in [-0.2, -0.15) is 0 Å². The first-order chi connectivity index (χ1) is 8.65. The molecule has 2 heterocycles. The first kappa shape index (κ1) is 11.1. The van der Waals surface area contributed by atoms with Gasteiger partial charge in [-0.05, 0) is 24.6 Å². The van der Waals surface area contributed by atoms with Crippen molar-refractivity contribution in [3.05, 3.63) is 23.8 Å². The van der Waals surface area contributed by atoms with Crippen LogP contribution in [0.25, 0.3) is 0 Å². The highest BCUT2D eigenvalue weighted by Crippen LogP contribution is 2.40. The fraction of sp³-hybridized carbons (Fsp3) is 0.385. The Hall–Kier alpha value is -2.04. The van der Waals surface area contributed by atoms with Crippen LogP contribution >= 0.6 is 0 Å². The van der Waals surface area contributed by atoms with Crippen LogP contribution in [0.15, 0.2) is 18.2 Å². The molecule has 1 saturated heterocycles. The van der Waals surface area contributed by atoms with Gasteiger partial charge in [0.05, 0.1) is 12.3 Å². The molecule has 5 heteroatoms. The van der Waals surface area contributed by atoms with Gasteiger partial charge in [0, 0.05) is 0 Å². The lowest BCUT2D eigenvalue weighted by Gasteiger charge is -2.15. The third-order valence-corrected chi connectivity index (χ3v) is 3.26. The fourth-order valence-electron chi connectivity index (χ4n) is 2.31. The Morgan fingerprint density at radius 3 is 2.83 bits per heavy atom. The molecule has 0 amide bonds. The Labute approximate surface area is 104 Å². The lowest BCUT2D eigenvalue weighted by atomic mass is 9.92. The summed E-state index contributed by atoms with van der Waals surface area (Å²) in [5, 5.41) is 0. The fourth-order valence-corrected chi connectivity index (χ4v) is 2.31. The molecule has 0 spiro atoms. The van der Waals surface area contributed by atoms with Crippen LogP contribution in [-0.2, 0) is 14.3 Å². The van der Waals surface area contributed by atoms with Gasteiger partial charge in [-0.25, -0.2) is 0 Å². The minimum absolute atomic E-state index is 0.0384. The van der Waals surface area contributed by atoms with Crippen molar-refractivity contribution in [2.24, 2.45) is 5.92 Å². The van der Waals surface area contributed by atoms with Crippen molar-refractivity contribution in [3.8, 4) is 11.5 Å². The number of cyclic esters (lactones) is 1. The maximum absolute atomic E-state index is 11.5. The lowest BCUT2D eigenvalue weighted by molar-refractivity contribution is -0.141. The second-order valence-electron chi connectivity index (χ2n) is 4.44. The molecule has 0 aromatic heterocycles. The predicted molar refractivity (Wildman–Crippen MR) is 60.2 cm³/mol. The third-order valence-electron chi connectivity index (χ3n) is 3.26. The van der Waals surface area contributed by atoms with E-state index in [4.69, 9.17) is 14.2 Å². The van der Waals surface area contributed by atoms with Crippen molar-refractivity contribution in [2.75, 3.05) is 6.79 Å². The lowest BCUT2D eigenvalue weighted by Crippen LogP contribution is -2.15. The molecule has 2 aliphatic heterocycles. The molecule has 18 heavy (non-hydrogen) atoms. The highest BCUT2D eigenvalue weighted by molar-refractivity contribution is 5.87. The van der Waals surface area contributed by atoms with Crippen LogP contribution in [0.5, 0.6) is 11.5 Å². The van der Waals surface area contributed by atoms with E-state index in [0.29, 0.717) is 11.5 Å². The topological polar surface area (TPSA) is 61.8 Å². The van der Waals surface area contributed by atoms with E-state index in [2.05, 4.69) is 0 Å². The summed E-state index contributed by atoms with van der Waals surface area (Å²) in [5.74, 6) is 0.513. The molecule has 0 N–H and O–H groups in total. The number of ether oxygens (including phenoxy) is 3. The zero-order valence-electron chi connectivity index (χ0n) is 9.84. The number of esters is 1. The smallest absolute Gasteiger partial charge is 0.307 e. The molecule has 1 fully saturated rings. The van der Waals surface area contributed by atoms with Gasteiger partial charge < -0.3 is 14.2 Å². The Kier molecular flexibility index (Phi) is 2.47. The summed E-state index contributed by atoms with van der Waals surface area (Å²) >= 11 is 0. The SMILES string of the molecule is CC(=O)[C@H]1CC(=O)O[C@@H]1c1ccc2c(c1)OCO2. The van der Waals surface area contributed by atoms with Gasteiger partial charge in [0.25, 0.3) is 0 Å². The van der Waals surface area contributed by atoms with E-state index in [9.17, 15) is 9.59 Å². The molecule has 0 aliphatic carbocycles. The van der Waals surface area contributed by atoms with Crippen LogP contribution in [0.4, 0.5) is 0 Å². The molecule has 3 rings (SSSR count). The largest absolute Gasteiger partial charge is 0.457 e. The highest BCUT2D eigenvalue weighted by Gasteiger charge is 2.39. The average molecular weight is 248 g/mol. The van der Waals surface area contributed by atoms with E-state index in [1.165, 1.54) is 6.92 Å². The minimum atomic E-state index is -0.510. The summed E-state index contributed by atoms with van der Waals surface area (Å²) in [5.41, 5.74) is 0.769. The zero-order chi connectivity index (χ0) is 12.7. The molecule has 2 atom stereocenters. The monoisotopic (exact) mass is 248 g/mol. The van der Waals surface area contributed by atoms with Gasteiger partial charge in [0.2, 0.25) is 6.79 Å². The third kappa shape index (κ3) is 1.72. The molecule has 2 aliphatic rings. The molecule has 0 radical (unpaired) electrons. The Morgan fingerprint density at radius 2 is 2.06 bits per heavy atom. The van der Waals surface area contributed by atoms with Crippen LogP contribution in [0.2, 0.25) is 0 Å². The van der Waals surface area contributed by atoms with E-state index >= 15 is 0 Å². The van der Waals surface area contributed by atoms with Crippen LogP contribution in [0, 0.1) is 5.92 Å². The van der Waals surface area contributed by atoms with Gasteiger partial charge in [-0.1, -0.05) is 6.07 Å². The van der Waals surface area contributed by atoms with Crippen molar-refractivity contribution in [3.63, 3.8) is 0 Å². The van der Waals surface area contributed by atoms with Crippen molar-refractivity contribution >= 4 is 11.8 Å². The maximum atomic E-state index is 11.5. The van der Waals surface area contributed by atoms with E-state index in [1.807, 2.05) is 0 Å². The summed E-state index contributed by atoms with van der Waals surface area (Å²) in [6.07, 6.45) is -0.362.